The Bertz CT molecular complexity index is 207. The summed E-state index contributed by atoms with van der Waals surface area (Å²) < 4.78 is 0. The van der Waals surface area contributed by atoms with E-state index in [9.17, 15) is 0 Å². The first-order valence-corrected chi connectivity index (χ1v) is 6.59. The van der Waals surface area contributed by atoms with E-state index in [0.717, 1.165) is 23.8 Å². The fourth-order valence-electron chi connectivity index (χ4n) is 3.15. The Morgan fingerprint density at radius 1 is 1.27 bits per heavy atom. The Balaban J connectivity index is 2.82. The Morgan fingerprint density at radius 3 is 2.13 bits per heavy atom. The maximum Gasteiger partial charge on any atom is 0.0179 e. The summed E-state index contributed by atoms with van der Waals surface area (Å²) in [5, 5.41) is 0. The lowest BCUT2D eigenvalue weighted by Crippen LogP contribution is -2.50. The zero-order valence-electron chi connectivity index (χ0n) is 11.7. The highest BCUT2D eigenvalue weighted by atomic mass is 15.2. The maximum absolute atomic E-state index is 2.73. The molecule has 1 aliphatic rings. The second-order valence-electron chi connectivity index (χ2n) is 6.25. The van der Waals surface area contributed by atoms with Crippen LogP contribution in [-0.2, 0) is 0 Å². The van der Waals surface area contributed by atoms with Gasteiger partial charge in [0.25, 0.3) is 0 Å². The zero-order chi connectivity index (χ0) is 11.8. The molecule has 1 nitrogen and oxygen atoms in total. The molecule has 3 unspecified atom stereocenters. The van der Waals surface area contributed by atoms with Crippen molar-refractivity contribution in [3.05, 3.63) is 0 Å². The van der Waals surface area contributed by atoms with Crippen LogP contribution in [0, 0.1) is 17.8 Å². The molecule has 1 heterocycles. The van der Waals surface area contributed by atoms with Gasteiger partial charge in [-0.15, -0.1) is 0 Å². The minimum atomic E-state index is 0.345. The fraction of sp³-hybridized carbons (Fsp3) is 1.00. The molecule has 1 heteroatoms. The number of hydrogen-bond acceptors (Lipinski definition) is 1. The number of hydrogen-bond donors (Lipinski definition) is 0. The van der Waals surface area contributed by atoms with Crippen LogP contribution in [-0.4, -0.2) is 23.0 Å². The predicted molar refractivity (Wildman–Crippen MR) is 68.0 cm³/mol. The molecule has 1 rings (SSSR count). The Kier molecular flexibility index (Phi) is 3.86. The van der Waals surface area contributed by atoms with Crippen molar-refractivity contribution in [1.29, 1.82) is 0 Å². The number of nitrogens with zero attached hydrogens (tertiary/aromatic N) is 1. The van der Waals surface area contributed by atoms with Crippen molar-refractivity contribution in [2.45, 2.75) is 66.5 Å². The first-order chi connectivity index (χ1) is 6.82. The van der Waals surface area contributed by atoms with Gasteiger partial charge in [-0.1, -0.05) is 34.1 Å². The summed E-state index contributed by atoms with van der Waals surface area (Å²) in [6.45, 7) is 17.9. The van der Waals surface area contributed by atoms with Gasteiger partial charge in [-0.3, -0.25) is 4.90 Å². The van der Waals surface area contributed by atoms with Gasteiger partial charge in [0.1, 0.15) is 0 Å². The largest absolute Gasteiger partial charge is 0.295 e. The van der Waals surface area contributed by atoms with Crippen LogP contribution >= 0.6 is 0 Å². The molecule has 15 heavy (non-hydrogen) atoms. The summed E-state index contributed by atoms with van der Waals surface area (Å²) in [6.07, 6.45) is 1.33. The predicted octanol–water partition coefficient (Wildman–Crippen LogP) is 3.79. The summed E-state index contributed by atoms with van der Waals surface area (Å²) in [6, 6.07) is 0.752. The minimum absolute atomic E-state index is 0.345. The van der Waals surface area contributed by atoms with Crippen molar-refractivity contribution in [2.24, 2.45) is 17.8 Å². The monoisotopic (exact) mass is 211 g/mol. The third kappa shape index (κ3) is 2.22. The third-order valence-electron chi connectivity index (χ3n) is 4.95. The highest BCUT2D eigenvalue weighted by molar-refractivity contribution is 4.96. The molecule has 90 valence electrons. The molecule has 0 amide bonds. The van der Waals surface area contributed by atoms with Crippen molar-refractivity contribution >= 4 is 0 Å². The second kappa shape index (κ2) is 4.45. The van der Waals surface area contributed by atoms with Gasteiger partial charge < -0.3 is 0 Å². The summed E-state index contributed by atoms with van der Waals surface area (Å²) >= 11 is 0. The molecular weight excluding hydrogens is 182 g/mol. The van der Waals surface area contributed by atoms with Gasteiger partial charge in [-0.25, -0.2) is 0 Å². The fourth-order valence-corrected chi connectivity index (χ4v) is 3.15. The second-order valence-corrected chi connectivity index (χ2v) is 6.25. The average molecular weight is 211 g/mol. The van der Waals surface area contributed by atoms with E-state index < -0.39 is 0 Å². The smallest absolute Gasteiger partial charge is 0.0179 e. The van der Waals surface area contributed by atoms with Crippen LogP contribution in [0.4, 0.5) is 0 Å². The van der Waals surface area contributed by atoms with Crippen molar-refractivity contribution in [2.75, 3.05) is 6.54 Å². The van der Waals surface area contributed by atoms with Gasteiger partial charge in [0.05, 0.1) is 0 Å². The van der Waals surface area contributed by atoms with Crippen molar-refractivity contribution in [3.8, 4) is 0 Å². The third-order valence-corrected chi connectivity index (χ3v) is 4.95. The molecule has 0 radical (unpaired) electrons. The first kappa shape index (κ1) is 13.0. The Morgan fingerprint density at radius 2 is 1.80 bits per heavy atom. The van der Waals surface area contributed by atoms with Gasteiger partial charge >= 0.3 is 0 Å². The van der Waals surface area contributed by atoms with Gasteiger partial charge in [-0.05, 0) is 38.5 Å². The highest BCUT2D eigenvalue weighted by Crippen LogP contribution is 2.38. The van der Waals surface area contributed by atoms with Crippen LogP contribution in [0.2, 0.25) is 0 Å². The molecule has 0 aliphatic carbocycles. The zero-order valence-corrected chi connectivity index (χ0v) is 11.7. The summed E-state index contributed by atoms with van der Waals surface area (Å²) in [7, 11) is 0. The molecule has 0 aromatic rings. The van der Waals surface area contributed by atoms with Crippen LogP contribution in [0.25, 0.3) is 0 Å². The standard InChI is InChI=1S/C14H29N/c1-8-13-11(4)9-15(12(13)5)14(6,7)10(2)3/h10-13H,8-9H2,1-7H3. The normalized spacial score (nSPS) is 34.0. The lowest BCUT2D eigenvalue weighted by Gasteiger charge is -2.42. The summed E-state index contributed by atoms with van der Waals surface area (Å²) in [4.78, 5) is 2.73. The molecule has 0 saturated carbocycles. The number of rotatable bonds is 3. The molecule has 1 fully saturated rings. The van der Waals surface area contributed by atoms with E-state index in [1.165, 1.54) is 13.0 Å². The van der Waals surface area contributed by atoms with Crippen molar-refractivity contribution in [1.82, 2.24) is 4.90 Å². The minimum Gasteiger partial charge on any atom is -0.295 e. The molecule has 0 N–H and O–H groups in total. The van der Waals surface area contributed by atoms with Gasteiger partial charge in [-0.2, -0.15) is 0 Å². The maximum atomic E-state index is 2.73. The molecule has 1 saturated heterocycles. The lowest BCUT2D eigenvalue weighted by molar-refractivity contribution is 0.0607. The SMILES string of the molecule is CCC1C(C)CN(C(C)(C)C(C)C)C1C. The van der Waals surface area contributed by atoms with Gasteiger partial charge in [0.2, 0.25) is 0 Å². The molecule has 0 bridgehead atoms. The van der Waals surface area contributed by atoms with E-state index in [1.807, 2.05) is 0 Å². The van der Waals surface area contributed by atoms with Gasteiger partial charge in [0.15, 0.2) is 0 Å². The topological polar surface area (TPSA) is 3.24 Å². The lowest BCUT2D eigenvalue weighted by atomic mass is 9.87. The molecular formula is C14H29N. The molecule has 1 aliphatic heterocycles. The highest BCUT2D eigenvalue weighted by Gasteiger charge is 2.43. The molecule has 0 aromatic carbocycles. The van der Waals surface area contributed by atoms with E-state index >= 15 is 0 Å². The van der Waals surface area contributed by atoms with E-state index in [-0.39, 0.29) is 0 Å². The van der Waals surface area contributed by atoms with Gasteiger partial charge in [0, 0.05) is 18.1 Å². The molecule has 0 aromatic heterocycles. The van der Waals surface area contributed by atoms with E-state index in [0.29, 0.717) is 5.54 Å². The quantitative estimate of drug-likeness (QED) is 0.686. The summed E-state index contributed by atoms with van der Waals surface area (Å²) in [5.74, 6) is 2.48. The van der Waals surface area contributed by atoms with Crippen LogP contribution in [0.15, 0.2) is 0 Å². The average Bonchev–Trinajstić information content (AvgIpc) is 2.41. The Labute approximate surface area is 96.2 Å². The van der Waals surface area contributed by atoms with E-state index in [2.05, 4.69) is 53.4 Å². The van der Waals surface area contributed by atoms with Crippen molar-refractivity contribution in [3.63, 3.8) is 0 Å². The van der Waals surface area contributed by atoms with E-state index in [1.54, 1.807) is 0 Å². The first-order valence-electron chi connectivity index (χ1n) is 6.59. The summed E-state index contributed by atoms with van der Waals surface area (Å²) in [5.41, 5.74) is 0.345. The number of likely N-dealkylation sites (tertiary alicyclic amines) is 1. The Hall–Kier alpha value is -0.0400. The van der Waals surface area contributed by atoms with Crippen LogP contribution in [0.3, 0.4) is 0 Å². The van der Waals surface area contributed by atoms with E-state index in [4.69, 9.17) is 0 Å². The van der Waals surface area contributed by atoms with Crippen molar-refractivity contribution < 1.29 is 0 Å². The van der Waals surface area contributed by atoms with Crippen LogP contribution in [0.5, 0.6) is 0 Å². The molecule has 0 spiro atoms. The van der Waals surface area contributed by atoms with Crippen LogP contribution in [0.1, 0.15) is 54.9 Å². The van der Waals surface area contributed by atoms with Crippen LogP contribution < -0.4 is 0 Å². The molecule has 3 atom stereocenters.